The molecular weight excluding hydrogens is 344 g/mol. The highest BCUT2D eigenvalue weighted by molar-refractivity contribution is 5.85. The summed E-state index contributed by atoms with van der Waals surface area (Å²) in [5.41, 5.74) is -0.126. The maximum atomic E-state index is 12.7. The number of esters is 1. The van der Waals surface area contributed by atoms with Crippen LogP contribution in [-0.4, -0.2) is 30.4 Å². The second-order valence-corrected chi connectivity index (χ2v) is 8.89. The van der Waals surface area contributed by atoms with Gasteiger partial charge in [0, 0.05) is 0 Å². The van der Waals surface area contributed by atoms with Crippen LogP contribution in [-0.2, 0) is 14.3 Å². The van der Waals surface area contributed by atoms with E-state index in [1.807, 2.05) is 71.9 Å². The van der Waals surface area contributed by atoms with Crippen LogP contribution in [0.3, 0.4) is 0 Å². The summed E-state index contributed by atoms with van der Waals surface area (Å²) in [7, 11) is 0. The van der Waals surface area contributed by atoms with Crippen molar-refractivity contribution in [1.29, 1.82) is 0 Å². The molecule has 0 fully saturated rings. The number of benzene rings is 1. The largest absolute Gasteiger partial charge is 0.456 e. The SMILES string of the molecule is C[C@H](OC(=O)C(NC(=O)NC(C=O)C(C)(C)C)C(C)(C)C)c1ccccc1. The lowest BCUT2D eigenvalue weighted by molar-refractivity contribution is -0.153. The standard InChI is InChI=1S/C21H32N2O4/c1-14(15-11-9-8-10-12-15)27-18(25)17(21(5,6)7)23-19(26)22-16(13-24)20(2,3)4/h8-14,16-17H,1-7H3,(H2,22,23,26)/t14-,16?,17?/m0/s1. The van der Waals surface area contributed by atoms with Crippen molar-refractivity contribution in [2.45, 2.75) is 66.7 Å². The summed E-state index contributed by atoms with van der Waals surface area (Å²) in [5, 5.41) is 5.29. The molecule has 0 spiro atoms. The van der Waals surface area contributed by atoms with Crippen LogP contribution in [0.2, 0.25) is 0 Å². The van der Waals surface area contributed by atoms with Crippen LogP contribution in [0.4, 0.5) is 4.79 Å². The van der Waals surface area contributed by atoms with Crippen molar-refractivity contribution < 1.29 is 19.1 Å². The van der Waals surface area contributed by atoms with E-state index >= 15 is 0 Å². The number of ether oxygens (including phenoxy) is 1. The molecule has 1 rings (SSSR count). The fourth-order valence-electron chi connectivity index (χ4n) is 2.43. The van der Waals surface area contributed by atoms with E-state index in [-0.39, 0.29) is 0 Å². The molecule has 0 aliphatic heterocycles. The Morgan fingerprint density at radius 1 is 0.963 bits per heavy atom. The lowest BCUT2D eigenvalue weighted by Crippen LogP contribution is -2.56. The highest BCUT2D eigenvalue weighted by atomic mass is 16.5. The molecule has 0 saturated carbocycles. The van der Waals surface area contributed by atoms with E-state index in [1.54, 1.807) is 6.92 Å². The number of urea groups is 1. The molecule has 0 aliphatic rings. The molecule has 2 N–H and O–H groups in total. The minimum absolute atomic E-state index is 0.432. The molecule has 1 aromatic carbocycles. The molecular formula is C21H32N2O4. The number of amides is 2. The summed E-state index contributed by atoms with van der Waals surface area (Å²) < 4.78 is 5.57. The van der Waals surface area contributed by atoms with Gasteiger partial charge in [-0.1, -0.05) is 71.9 Å². The molecule has 3 atom stereocenters. The van der Waals surface area contributed by atoms with E-state index in [2.05, 4.69) is 10.6 Å². The van der Waals surface area contributed by atoms with Crippen molar-refractivity contribution in [2.75, 3.05) is 0 Å². The van der Waals surface area contributed by atoms with E-state index < -0.39 is 41.0 Å². The fraction of sp³-hybridized carbons (Fsp3) is 0.571. The van der Waals surface area contributed by atoms with Crippen molar-refractivity contribution in [3.05, 3.63) is 35.9 Å². The summed E-state index contributed by atoms with van der Waals surface area (Å²) in [6, 6.07) is 7.28. The highest BCUT2D eigenvalue weighted by Gasteiger charge is 2.36. The molecule has 0 heterocycles. The summed E-state index contributed by atoms with van der Waals surface area (Å²) in [4.78, 5) is 36.4. The third-order valence-electron chi connectivity index (χ3n) is 4.29. The van der Waals surface area contributed by atoms with Gasteiger partial charge in [0.2, 0.25) is 0 Å². The molecule has 2 amide bonds. The van der Waals surface area contributed by atoms with E-state index in [9.17, 15) is 14.4 Å². The predicted molar refractivity (Wildman–Crippen MR) is 105 cm³/mol. The van der Waals surface area contributed by atoms with Crippen molar-refractivity contribution in [2.24, 2.45) is 10.8 Å². The zero-order valence-corrected chi connectivity index (χ0v) is 17.3. The quantitative estimate of drug-likeness (QED) is 0.587. The first kappa shape index (κ1) is 22.7. The lowest BCUT2D eigenvalue weighted by Gasteiger charge is -2.32. The van der Waals surface area contributed by atoms with Gasteiger partial charge in [-0.3, -0.25) is 0 Å². The molecule has 1 aromatic rings. The molecule has 0 aromatic heterocycles. The van der Waals surface area contributed by atoms with Gasteiger partial charge in [-0.05, 0) is 23.3 Å². The summed E-state index contributed by atoms with van der Waals surface area (Å²) >= 11 is 0. The maximum absolute atomic E-state index is 12.7. The van der Waals surface area contributed by atoms with Crippen molar-refractivity contribution in [3.63, 3.8) is 0 Å². The van der Waals surface area contributed by atoms with Gasteiger partial charge in [0.15, 0.2) is 0 Å². The molecule has 6 nitrogen and oxygen atoms in total. The van der Waals surface area contributed by atoms with Crippen LogP contribution < -0.4 is 10.6 Å². The van der Waals surface area contributed by atoms with E-state index in [4.69, 9.17) is 4.74 Å². The first-order chi connectivity index (χ1) is 12.4. The smallest absolute Gasteiger partial charge is 0.329 e. The zero-order chi connectivity index (χ0) is 20.8. The Balaban J connectivity index is 2.85. The van der Waals surface area contributed by atoms with Crippen LogP contribution >= 0.6 is 0 Å². The van der Waals surface area contributed by atoms with E-state index in [1.165, 1.54) is 0 Å². The molecule has 6 heteroatoms. The molecule has 0 radical (unpaired) electrons. The second-order valence-electron chi connectivity index (χ2n) is 8.89. The molecule has 150 valence electrons. The van der Waals surface area contributed by atoms with Gasteiger partial charge in [-0.25, -0.2) is 9.59 Å². The van der Waals surface area contributed by atoms with Gasteiger partial charge in [-0.15, -0.1) is 0 Å². The Hall–Kier alpha value is -2.37. The average Bonchev–Trinajstić information content (AvgIpc) is 2.56. The Bertz CT molecular complexity index is 644. The van der Waals surface area contributed by atoms with Crippen LogP contribution in [0.15, 0.2) is 30.3 Å². The number of hydrogen-bond acceptors (Lipinski definition) is 4. The van der Waals surface area contributed by atoms with Crippen molar-refractivity contribution >= 4 is 18.3 Å². The number of aldehydes is 1. The normalized spacial score (nSPS) is 15.2. The molecule has 27 heavy (non-hydrogen) atoms. The van der Waals surface area contributed by atoms with Crippen LogP contribution in [0, 0.1) is 10.8 Å². The zero-order valence-electron chi connectivity index (χ0n) is 17.3. The fourth-order valence-corrected chi connectivity index (χ4v) is 2.43. The van der Waals surface area contributed by atoms with Crippen molar-refractivity contribution in [3.8, 4) is 0 Å². The van der Waals surface area contributed by atoms with Gasteiger partial charge in [0.25, 0.3) is 0 Å². The molecule has 0 bridgehead atoms. The van der Waals surface area contributed by atoms with Gasteiger partial charge in [0.05, 0.1) is 6.04 Å². The maximum Gasteiger partial charge on any atom is 0.329 e. The first-order valence-electron chi connectivity index (χ1n) is 9.14. The first-order valence-corrected chi connectivity index (χ1v) is 9.14. The Morgan fingerprint density at radius 2 is 1.52 bits per heavy atom. The average molecular weight is 376 g/mol. The third kappa shape index (κ3) is 7.04. The number of rotatable bonds is 6. The lowest BCUT2D eigenvalue weighted by atomic mass is 9.86. The monoisotopic (exact) mass is 376 g/mol. The van der Waals surface area contributed by atoms with Gasteiger partial charge in [-0.2, -0.15) is 0 Å². The van der Waals surface area contributed by atoms with E-state index in [0.29, 0.717) is 6.29 Å². The van der Waals surface area contributed by atoms with Crippen LogP contribution in [0.25, 0.3) is 0 Å². The summed E-state index contributed by atoms with van der Waals surface area (Å²) in [6.45, 7) is 12.9. The topological polar surface area (TPSA) is 84.5 Å². The molecule has 0 aliphatic carbocycles. The predicted octanol–water partition coefficient (Wildman–Crippen LogP) is 3.62. The van der Waals surface area contributed by atoms with Gasteiger partial charge in [0.1, 0.15) is 18.4 Å². The number of carbonyl (C=O) groups is 3. The number of hydrogen-bond donors (Lipinski definition) is 2. The summed E-state index contributed by atoms with van der Waals surface area (Å²) in [5.74, 6) is -0.521. The van der Waals surface area contributed by atoms with Crippen molar-refractivity contribution in [1.82, 2.24) is 10.6 Å². The third-order valence-corrected chi connectivity index (χ3v) is 4.29. The minimum Gasteiger partial charge on any atom is -0.456 e. The van der Waals surface area contributed by atoms with Gasteiger partial charge < -0.3 is 20.2 Å². The van der Waals surface area contributed by atoms with Crippen LogP contribution in [0.1, 0.15) is 60.1 Å². The Morgan fingerprint density at radius 3 is 1.96 bits per heavy atom. The van der Waals surface area contributed by atoms with Gasteiger partial charge >= 0.3 is 12.0 Å². The number of carbonyl (C=O) groups excluding carboxylic acids is 3. The van der Waals surface area contributed by atoms with Crippen LogP contribution in [0.5, 0.6) is 0 Å². The number of nitrogens with one attached hydrogen (secondary N) is 2. The minimum atomic E-state index is -0.865. The summed E-state index contributed by atoms with van der Waals surface area (Å²) in [6.07, 6.45) is 0.257. The Kier molecular flexibility index (Phi) is 7.57. The molecule has 0 saturated heterocycles. The van der Waals surface area contributed by atoms with E-state index in [0.717, 1.165) is 5.56 Å². The Labute approximate surface area is 162 Å². The highest BCUT2D eigenvalue weighted by Crippen LogP contribution is 2.24. The molecule has 2 unspecified atom stereocenters. The second kappa shape index (κ2) is 9.02.